The number of piperidine rings is 3. The van der Waals surface area contributed by atoms with Crippen molar-refractivity contribution in [2.24, 2.45) is 5.73 Å². The van der Waals surface area contributed by atoms with Crippen molar-refractivity contribution in [3.05, 3.63) is 185 Å². The van der Waals surface area contributed by atoms with E-state index < -0.39 is 5.97 Å². The van der Waals surface area contributed by atoms with Gasteiger partial charge in [0, 0.05) is 82.5 Å². The number of likely N-dealkylation sites (tertiary alicyclic amines) is 3. The summed E-state index contributed by atoms with van der Waals surface area (Å²) in [6.07, 6.45) is 11.3. The van der Waals surface area contributed by atoms with Gasteiger partial charge < -0.3 is 26.9 Å². The Bertz CT molecular complexity index is 2490. The van der Waals surface area contributed by atoms with Gasteiger partial charge in [0.2, 0.25) is 0 Å². The number of carbonyl (C=O) groups is 1. The smallest absolute Gasteiger partial charge is 0.870 e. The van der Waals surface area contributed by atoms with Gasteiger partial charge in [-0.2, -0.15) is 10.5 Å². The monoisotopic (exact) mass is 987 g/mol. The molecule has 0 unspecified atom stereocenters. The molecule has 0 amide bonds. The third-order valence-corrected chi connectivity index (χ3v) is 12.4. The largest absolute Gasteiger partial charge is 1.00 e. The molecule has 6 aromatic rings. The maximum absolute atomic E-state index is 11.2. The molecule has 16 heteroatoms. The normalized spacial score (nSPS) is 15.4. The number of hydrogen-bond donors (Lipinski definition) is 4. The SMILES string of the molecule is N#Cc1cccnc1Cl.N#Cc1cccnc1NC1CCN(Cc2ccccc2)CC1.NC1CCN(Cc2ccccc2)CC1.O=C(O)c1cccnc1NC1CCN(Cc2ccccc2)CC1.[K+].[OH-]. The number of rotatable bonds is 11. The van der Waals surface area contributed by atoms with Crippen molar-refractivity contribution in [1.29, 1.82) is 10.5 Å². The summed E-state index contributed by atoms with van der Waals surface area (Å²) in [6, 6.07) is 47.0. The standard InChI is InChI=1S/C18H20N4.C18H21N3O2.C12H18N2.C6H3ClN2.K.H2O/c19-13-16-7-4-10-20-18(16)21-17-8-11-22(12-9-17)14-15-5-2-1-3-6-15;22-18(23)16-7-4-10-19-17(16)20-15-8-11-21(12-9-15)13-14-5-2-1-3-6-14;13-12-6-8-14(9-7-12)10-11-4-2-1-3-5-11;7-6-5(4-8)2-1-3-9-6;;/h1-7,10,17H,8-9,11-12,14H2,(H,20,21);1-7,10,15H,8-9,11-13H2,(H,19,20)(H,22,23);1-5,12H,6-10,13H2;1-3H;;1H2/q;;;;+1;/p-1. The number of benzene rings is 3. The molecule has 0 radical (unpaired) electrons. The number of anilines is 2. The van der Waals surface area contributed by atoms with Crippen LogP contribution in [-0.4, -0.2) is 104 Å². The van der Waals surface area contributed by atoms with Crippen LogP contribution in [0.4, 0.5) is 11.6 Å². The first-order chi connectivity index (χ1) is 33.3. The fourth-order valence-electron chi connectivity index (χ4n) is 8.27. The molecule has 3 aromatic heterocycles. The summed E-state index contributed by atoms with van der Waals surface area (Å²) < 4.78 is 0. The van der Waals surface area contributed by atoms with Crippen LogP contribution in [0, 0.1) is 22.7 Å². The number of carboxylic acids is 1. The third kappa shape index (κ3) is 19.9. The summed E-state index contributed by atoms with van der Waals surface area (Å²) in [5, 5.41) is 33.7. The van der Waals surface area contributed by atoms with Crippen molar-refractivity contribution in [3.63, 3.8) is 0 Å². The summed E-state index contributed by atoms with van der Waals surface area (Å²) in [5.74, 6) is 0.245. The number of nitriles is 2. The second kappa shape index (κ2) is 32.0. The van der Waals surface area contributed by atoms with Crippen LogP contribution in [0.2, 0.25) is 5.15 Å². The Morgan fingerprint density at radius 1 is 0.571 bits per heavy atom. The molecule has 0 saturated carbocycles. The van der Waals surface area contributed by atoms with Gasteiger partial charge in [0.05, 0.1) is 11.1 Å². The zero-order valence-corrected chi connectivity index (χ0v) is 43.9. The second-order valence-corrected chi connectivity index (χ2v) is 17.5. The van der Waals surface area contributed by atoms with E-state index in [2.05, 4.69) is 131 Å². The number of nitrogens with zero attached hydrogens (tertiary/aromatic N) is 8. The quantitative estimate of drug-likeness (QED) is 0.0876. The van der Waals surface area contributed by atoms with Crippen LogP contribution in [0.25, 0.3) is 0 Å². The topological polar surface area (TPSA) is 213 Å². The first kappa shape index (κ1) is 57.5. The van der Waals surface area contributed by atoms with E-state index in [1.165, 1.54) is 16.7 Å². The van der Waals surface area contributed by atoms with Crippen LogP contribution in [0.15, 0.2) is 146 Å². The van der Waals surface area contributed by atoms with Gasteiger partial charge in [0.1, 0.15) is 34.5 Å². The predicted octanol–water partition coefficient (Wildman–Crippen LogP) is 5.93. The van der Waals surface area contributed by atoms with Crippen molar-refractivity contribution in [2.75, 3.05) is 49.9 Å². The third-order valence-electron chi connectivity index (χ3n) is 12.1. The van der Waals surface area contributed by atoms with Gasteiger partial charge in [0.15, 0.2) is 0 Å². The number of aromatic carboxylic acids is 1. The Morgan fingerprint density at radius 2 is 0.943 bits per heavy atom. The molecular weight excluding hydrogens is 925 g/mol. The van der Waals surface area contributed by atoms with Gasteiger partial charge in [-0.25, -0.2) is 19.7 Å². The summed E-state index contributed by atoms with van der Waals surface area (Å²) in [4.78, 5) is 30.8. The van der Waals surface area contributed by atoms with Crippen LogP contribution in [-0.2, 0) is 19.6 Å². The van der Waals surface area contributed by atoms with Crippen LogP contribution in [0.3, 0.4) is 0 Å². The molecule has 6 heterocycles. The number of hydrogen-bond acceptors (Lipinski definition) is 13. The predicted molar refractivity (Wildman–Crippen MR) is 272 cm³/mol. The van der Waals surface area contributed by atoms with Crippen LogP contribution in [0.5, 0.6) is 0 Å². The first-order valence-electron chi connectivity index (χ1n) is 23.4. The van der Waals surface area contributed by atoms with Crippen LogP contribution < -0.4 is 67.8 Å². The van der Waals surface area contributed by atoms with Gasteiger partial charge in [-0.05, 0) is 105 Å². The molecule has 3 fully saturated rings. The molecule has 0 spiro atoms. The molecule has 6 N–H and O–H groups in total. The van der Waals surface area contributed by atoms with E-state index in [-0.39, 0.29) is 73.6 Å². The maximum Gasteiger partial charge on any atom is 1.00 e. The van der Waals surface area contributed by atoms with Crippen LogP contribution >= 0.6 is 11.6 Å². The molecule has 3 aliphatic rings. The second-order valence-electron chi connectivity index (χ2n) is 17.1. The molecule has 9 rings (SSSR count). The van der Waals surface area contributed by atoms with Crippen molar-refractivity contribution in [1.82, 2.24) is 29.7 Å². The summed E-state index contributed by atoms with van der Waals surface area (Å²) in [6.45, 7) is 9.50. The Balaban J connectivity index is 0.000000211. The van der Waals surface area contributed by atoms with E-state index in [0.717, 1.165) is 97.4 Å². The van der Waals surface area contributed by atoms with Crippen molar-refractivity contribution < 1.29 is 66.8 Å². The number of halogens is 1. The van der Waals surface area contributed by atoms with E-state index in [1.54, 1.807) is 55.0 Å². The molecule has 0 atom stereocenters. The molecule has 0 bridgehead atoms. The van der Waals surface area contributed by atoms with Crippen molar-refractivity contribution in [3.8, 4) is 12.1 Å². The van der Waals surface area contributed by atoms with Crippen molar-refractivity contribution in [2.45, 2.75) is 76.3 Å². The summed E-state index contributed by atoms with van der Waals surface area (Å²) >= 11 is 5.49. The molecule has 3 aromatic carbocycles. The van der Waals surface area contributed by atoms with E-state index >= 15 is 0 Å². The van der Waals surface area contributed by atoms with Gasteiger partial charge in [0.25, 0.3) is 0 Å². The van der Waals surface area contributed by atoms with Gasteiger partial charge in [-0.15, -0.1) is 0 Å². The molecule has 3 saturated heterocycles. The Hall–Kier alpha value is -5.11. The van der Waals surface area contributed by atoms with Crippen molar-refractivity contribution >= 4 is 29.2 Å². The summed E-state index contributed by atoms with van der Waals surface area (Å²) in [5.41, 5.74) is 11.2. The number of carboxylic acid groups (broad SMARTS) is 1. The number of pyridine rings is 3. The first-order valence-corrected chi connectivity index (χ1v) is 23.8. The van der Waals surface area contributed by atoms with Gasteiger partial charge in [-0.3, -0.25) is 14.7 Å². The van der Waals surface area contributed by atoms with E-state index in [1.807, 2.05) is 12.1 Å². The average molecular weight is 989 g/mol. The molecule has 360 valence electrons. The Kier molecular flexibility index (Phi) is 26.3. The number of nitrogens with one attached hydrogen (secondary N) is 2. The molecule has 14 nitrogen and oxygen atoms in total. The van der Waals surface area contributed by atoms with E-state index in [4.69, 9.17) is 27.9 Å². The number of nitrogens with two attached hydrogens (primary N) is 1. The van der Waals surface area contributed by atoms with E-state index in [9.17, 15) is 9.90 Å². The average Bonchev–Trinajstić information content (AvgIpc) is 3.38. The van der Waals surface area contributed by atoms with Gasteiger partial charge >= 0.3 is 57.4 Å². The molecule has 0 aliphatic carbocycles. The molecule has 70 heavy (non-hydrogen) atoms. The fourth-order valence-corrected chi connectivity index (χ4v) is 8.43. The minimum Gasteiger partial charge on any atom is -0.870 e. The fraction of sp³-hybridized carbons (Fsp3) is 0.333. The summed E-state index contributed by atoms with van der Waals surface area (Å²) in [7, 11) is 0. The Labute approximate surface area is 460 Å². The maximum atomic E-state index is 11.2. The minimum atomic E-state index is -0.942. The molecular formula is C54H63ClKN11O3. The van der Waals surface area contributed by atoms with Crippen LogP contribution in [0.1, 0.15) is 76.7 Å². The zero-order chi connectivity index (χ0) is 47.8. The Morgan fingerprint density at radius 3 is 1.34 bits per heavy atom. The number of aromatic nitrogens is 3. The zero-order valence-electron chi connectivity index (χ0n) is 40.0. The molecule has 3 aliphatic heterocycles. The van der Waals surface area contributed by atoms with E-state index in [0.29, 0.717) is 34.8 Å². The van der Waals surface area contributed by atoms with Gasteiger partial charge in [-0.1, -0.05) is 103 Å². The minimum absolute atomic E-state index is 0.